The van der Waals surface area contributed by atoms with E-state index in [1.54, 1.807) is 14.2 Å². The fourth-order valence-corrected chi connectivity index (χ4v) is 4.35. The van der Waals surface area contributed by atoms with Crippen molar-refractivity contribution in [3.05, 3.63) is 95.6 Å². The summed E-state index contributed by atoms with van der Waals surface area (Å²) in [5.74, 6) is 1.43. The summed E-state index contributed by atoms with van der Waals surface area (Å²) < 4.78 is 28.3. The third kappa shape index (κ3) is 6.87. The van der Waals surface area contributed by atoms with Gasteiger partial charge in [-0.25, -0.2) is 0 Å². The first-order valence-corrected chi connectivity index (χ1v) is 12.2. The van der Waals surface area contributed by atoms with Gasteiger partial charge >= 0.3 is 0 Å². The molecule has 1 aliphatic rings. The van der Waals surface area contributed by atoms with Gasteiger partial charge in [-0.1, -0.05) is 54.6 Å². The lowest BCUT2D eigenvalue weighted by molar-refractivity contribution is -0.261. The Bertz CT molecular complexity index is 1010. The molecule has 8 heteroatoms. The highest BCUT2D eigenvalue weighted by molar-refractivity contribution is 5.27. The summed E-state index contributed by atoms with van der Waals surface area (Å²) in [5, 5.41) is 33.3. The molecule has 3 N–H and O–H groups in total. The molecule has 0 radical (unpaired) electrons. The van der Waals surface area contributed by atoms with E-state index in [-0.39, 0.29) is 19.8 Å². The van der Waals surface area contributed by atoms with E-state index >= 15 is 0 Å². The predicted molar refractivity (Wildman–Crippen MR) is 136 cm³/mol. The van der Waals surface area contributed by atoms with Crippen molar-refractivity contribution >= 4 is 0 Å². The van der Waals surface area contributed by atoms with Crippen LogP contribution in [0, 0.1) is 0 Å². The van der Waals surface area contributed by atoms with Crippen LogP contribution in [0.5, 0.6) is 11.5 Å². The van der Waals surface area contributed by atoms with Crippen LogP contribution < -0.4 is 9.47 Å². The molecule has 2 unspecified atom stereocenters. The van der Waals surface area contributed by atoms with Crippen LogP contribution in [0.2, 0.25) is 0 Å². The topological polar surface area (TPSA) is 107 Å². The average molecular weight is 511 g/mol. The Morgan fingerprint density at radius 1 is 0.486 bits per heavy atom. The van der Waals surface area contributed by atoms with Crippen LogP contribution in [0.15, 0.2) is 78.9 Å². The first-order chi connectivity index (χ1) is 18.0. The quantitative estimate of drug-likeness (QED) is 0.362. The maximum absolute atomic E-state index is 11.1. The van der Waals surface area contributed by atoms with Crippen molar-refractivity contribution in [2.75, 3.05) is 14.2 Å². The molecule has 0 aromatic heterocycles. The highest BCUT2D eigenvalue weighted by atomic mass is 16.6. The van der Waals surface area contributed by atoms with Crippen LogP contribution in [0.4, 0.5) is 0 Å². The van der Waals surface area contributed by atoms with Crippen LogP contribution in [0.25, 0.3) is 0 Å². The van der Waals surface area contributed by atoms with Crippen molar-refractivity contribution in [3.8, 4) is 11.5 Å². The lowest BCUT2D eigenvalue weighted by Crippen LogP contribution is -2.65. The molecule has 198 valence electrons. The summed E-state index contributed by atoms with van der Waals surface area (Å²) in [7, 11) is 3.18. The van der Waals surface area contributed by atoms with Crippen LogP contribution >= 0.6 is 0 Å². The van der Waals surface area contributed by atoms with Crippen molar-refractivity contribution in [2.45, 2.75) is 56.4 Å². The van der Waals surface area contributed by atoms with Gasteiger partial charge in [0, 0.05) is 0 Å². The Balaban J connectivity index is 1.48. The zero-order valence-electron chi connectivity index (χ0n) is 21.0. The van der Waals surface area contributed by atoms with Gasteiger partial charge in [-0.15, -0.1) is 0 Å². The zero-order valence-corrected chi connectivity index (χ0v) is 21.0. The molecule has 0 saturated heterocycles. The molecule has 0 heterocycles. The van der Waals surface area contributed by atoms with Crippen molar-refractivity contribution < 1.29 is 39.0 Å². The molecule has 0 spiro atoms. The van der Waals surface area contributed by atoms with E-state index in [1.807, 2.05) is 78.9 Å². The van der Waals surface area contributed by atoms with Crippen LogP contribution in [-0.4, -0.2) is 66.2 Å². The van der Waals surface area contributed by atoms with E-state index in [0.29, 0.717) is 11.5 Å². The molecule has 6 atom stereocenters. The first kappa shape index (κ1) is 27.1. The van der Waals surface area contributed by atoms with Crippen LogP contribution in [0.3, 0.4) is 0 Å². The summed E-state index contributed by atoms with van der Waals surface area (Å²) >= 11 is 0. The molecule has 8 nitrogen and oxygen atoms in total. The molecule has 37 heavy (non-hydrogen) atoms. The Hall–Kier alpha value is -2.98. The van der Waals surface area contributed by atoms with Gasteiger partial charge in [0.1, 0.15) is 48.1 Å². The van der Waals surface area contributed by atoms with Crippen molar-refractivity contribution in [2.24, 2.45) is 0 Å². The predicted octanol–water partition coefficient (Wildman–Crippen LogP) is 2.86. The number of methoxy groups -OCH3 is 2. The minimum Gasteiger partial charge on any atom is -0.497 e. The largest absolute Gasteiger partial charge is 0.497 e. The van der Waals surface area contributed by atoms with Gasteiger partial charge < -0.3 is 39.0 Å². The van der Waals surface area contributed by atoms with Gasteiger partial charge in [0.15, 0.2) is 0 Å². The smallest absolute Gasteiger partial charge is 0.118 e. The third-order valence-corrected chi connectivity index (χ3v) is 6.51. The number of hydrogen-bond acceptors (Lipinski definition) is 8. The van der Waals surface area contributed by atoms with E-state index in [0.717, 1.165) is 16.7 Å². The Kier molecular flexibility index (Phi) is 9.51. The SMILES string of the molecule is COc1ccc(CO[C@@H]2C(O)[C@H](OCc3ccc(OC)cc3)[C@@H](O)C(OCc3ccccc3)[C@H]2O)cc1. The van der Waals surface area contributed by atoms with Crippen LogP contribution in [-0.2, 0) is 34.0 Å². The van der Waals surface area contributed by atoms with Gasteiger partial charge in [0.2, 0.25) is 0 Å². The number of benzene rings is 3. The molecule has 3 aromatic rings. The summed E-state index contributed by atoms with van der Waals surface area (Å²) in [6.45, 7) is 0.442. The number of hydrogen-bond donors (Lipinski definition) is 3. The molecule has 0 bridgehead atoms. The summed E-state index contributed by atoms with van der Waals surface area (Å²) in [4.78, 5) is 0. The van der Waals surface area contributed by atoms with E-state index in [1.165, 1.54) is 0 Å². The van der Waals surface area contributed by atoms with Crippen molar-refractivity contribution in [1.29, 1.82) is 0 Å². The van der Waals surface area contributed by atoms with Gasteiger partial charge in [-0.3, -0.25) is 0 Å². The molecule has 3 aromatic carbocycles. The molecular formula is C29H34O8. The molecular weight excluding hydrogens is 476 g/mol. The first-order valence-electron chi connectivity index (χ1n) is 12.2. The Morgan fingerprint density at radius 2 is 0.811 bits per heavy atom. The maximum atomic E-state index is 11.1. The minimum atomic E-state index is -1.29. The van der Waals surface area contributed by atoms with Crippen molar-refractivity contribution in [3.63, 3.8) is 0 Å². The number of rotatable bonds is 11. The van der Waals surface area contributed by atoms with Gasteiger partial charge in [0.05, 0.1) is 34.0 Å². The molecule has 1 saturated carbocycles. The highest BCUT2D eigenvalue weighted by Gasteiger charge is 2.51. The van der Waals surface area contributed by atoms with E-state index in [2.05, 4.69) is 0 Å². The minimum absolute atomic E-state index is 0.134. The number of ether oxygens (including phenoxy) is 5. The fraction of sp³-hybridized carbons (Fsp3) is 0.379. The molecule has 1 aliphatic carbocycles. The number of aliphatic hydroxyl groups excluding tert-OH is 3. The average Bonchev–Trinajstić information content (AvgIpc) is 2.94. The summed E-state index contributed by atoms with van der Waals surface area (Å²) in [6.07, 6.45) is -7.00. The Morgan fingerprint density at radius 3 is 1.14 bits per heavy atom. The summed E-state index contributed by atoms with van der Waals surface area (Å²) in [5.41, 5.74) is 2.56. The van der Waals surface area contributed by atoms with Crippen LogP contribution in [0.1, 0.15) is 16.7 Å². The monoisotopic (exact) mass is 510 g/mol. The van der Waals surface area contributed by atoms with E-state index < -0.39 is 36.6 Å². The number of aliphatic hydroxyl groups is 3. The van der Waals surface area contributed by atoms with Crippen molar-refractivity contribution in [1.82, 2.24) is 0 Å². The zero-order chi connectivity index (χ0) is 26.2. The Labute approximate surface area is 217 Å². The second-order valence-corrected chi connectivity index (χ2v) is 8.98. The summed E-state index contributed by atoms with van der Waals surface area (Å²) in [6, 6.07) is 24.1. The highest BCUT2D eigenvalue weighted by Crippen LogP contribution is 2.30. The van der Waals surface area contributed by atoms with E-state index in [4.69, 9.17) is 23.7 Å². The standard InChI is InChI=1S/C29H34O8/c1-33-22-12-8-20(9-13-22)17-36-28-24(30)27(35-16-19-6-4-3-5-7-19)25(31)29(26(28)32)37-18-21-10-14-23(34-2)15-11-21/h3-15,24-32H,16-18H2,1-2H3/t24-,25+,26?,27?,28+,29-. The van der Waals surface area contributed by atoms with Gasteiger partial charge in [-0.2, -0.15) is 0 Å². The lowest BCUT2D eigenvalue weighted by Gasteiger charge is -2.45. The molecule has 0 amide bonds. The van der Waals surface area contributed by atoms with E-state index in [9.17, 15) is 15.3 Å². The second kappa shape index (κ2) is 13.0. The van der Waals surface area contributed by atoms with Gasteiger partial charge in [-0.05, 0) is 41.0 Å². The van der Waals surface area contributed by atoms with Gasteiger partial charge in [0.25, 0.3) is 0 Å². The fourth-order valence-electron chi connectivity index (χ4n) is 4.35. The molecule has 4 rings (SSSR count). The molecule has 1 fully saturated rings. The second-order valence-electron chi connectivity index (χ2n) is 8.98. The molecule has 0 aliphatic heterocycles. The third-order valence-electron chi connectivity index (χ3n) is 6.51. The maximum Gasteiger partial charge on any atom is 0.118 e. The normalized spacial score (nSPS) is 25.5. The lowest BCUT2D eigenvalue weighted by atomic mass is 9.84.